The number of aromatic nitrogens is 2. The highest BCUT2D eigenvalue weighted by atomic mass is 32.2. The minimum atomic E-state index is 0.279. The number of anilines is 1. The first-order valence-corrected chi connectivity index (χ1v) is 6.69. The molecule has 16 heavy (non-hydrogen) atoms. The molecule has 1 heterocycles. The maximum Gasteiger partial charge on any atom is 0.144 e. The van der Waals surface area contributed by atoms with E-state index in [0.29, 0.717) is 10.4 Å². The third-order valence-corrected chi connectivity index (χ3v) is 4.36. The maximum atomic E-state index is 5.44. The Morgan fingerprint density at radius 1 is 1.56 bits per heavy atom. The number of hydrogen-bond acceptors (Lipinski definition) is 5. The van der Waals surface area contributed by atoms with E-state index in [1.165, 1.54) is 12.8 Å². The Morgan fingerprint density at radius 2 is 2.31 bits per heavy atom. The standard InChI is InChI=1S/C10H14N4S2/c1-16-10(2-3-10)6-14-8-5-12-7(4-13-8)9(11)15/h4-5H,2-3,6H2,1H3,(H2,11,15)(H,13,14). The zero-order valence-electron chi connectivity index (χ0n) is 9.06. The number of thioether (sulfide) groups is 1. The Morgan fingerprint density at radius 3 is 2.75 bits per heavy atom. The van der Waals surface area contributed by atoms with Crippen LogP contribution in [0, 0.1) is 0 Å². The van der Waals surface area contributed by atoms with E-state index in [4.69, 9.17) is 18.0 Å². The third-order valence-electron chi connectivity index (χ3n) is 2.74. The highest BCUT2D eigenvalue weighted by Gasteiger charge is 2.41. The van der Waals surface area contributed by atoms with Crippen LogP contribution < -0.4 is 11.1 Å². The van der Waals surface area contributed by atoms with E-state index >= 15 is 0 Å². The van der Waals surface area contributed by atoms with Gasteiger partial charge in [0.15, 0.2) is 0 Å². The number of nitrogens with zero attached hydrogens (tertiary/aromatic N) is 2. The molecule has 1 fully saturated rings. The Kier molecular flexibility index (Phi) is 3.30. The summed E-state index contributed by atoms with van der Waals surface area (Å²) in [6.07, 6.45) is 7.98. The van der Waals surface area contributed by atoms with Gasteiger partial charge in [-0.25, -0.2) is 9.97 Å². The summed E-state index contributed by atoms with van der Waals surface area (Å²) in [7, 11) is 0. The SMILES string of the molecule is CSC1(CNc2cnc(C(N)=S)cn2)CC1. The monoisotopic (exact) mass is 254 g/mol. The van der Waals surface area contributed by atoms with Gasteiger partial charge < -0.3 is 11.1 Å². The normalized spacial score (nSPS) is 16.8. The summed E-state index contributed by atoms with van der Waals surface area (Å²) in [5.74, 6) is 0.778. The lowest BCUT2D eigenvalue weighted by Gasteiger charge is -2.13. The van der Waals surface area contributed by atoms with Crippen molar-refractivity contribution in [2.24, 2.45) is 5.73 Å². The maximum absolute atomic E-state index is 5.44. The van der Waals surface area contributed by atoms with E-state index in [2.05, 4.69) is 21.5 Å². The molecule has 0 radical (unpaired) electrons. The van der Waals surface area contributed by atoms with Crippen LogP contribution in [0.2, 0.25) is 0 Å². The number of hydrogen-bond donors (Lipinski definition) is 2. The molecule has 0 atom stereocenters. The van der Waals surface area contributed by atoms with Gasteiger partial charge in [0.2, 0.25) is 0 Å². The van der Waals surface area contributed by atoms with Crippen LogP contribution in [0.5, 0.6) is 0 Å². The van der Waals surface area contributed by atoms with Crippen LogP contribution in [-0.4, -0.2) is 32.5 Å². The van der Waals surface area contributed by atoms with Gasteiger partial charge in [0, 0.05) is 11.3 Å². The molecule has 1 aromatic heterocycles. The molecule has 0 aliphatic heterocycles. The third kappa shape index (κ3) is 2.62. The smallest absolute Gasteiger partial charge is 0.144 e. The molecule has 0 aromatic carbocycles. The van der Waals surface area contributed by atoms with E-state index in [1.54, 1.807) is 12.4 Å². The lowest BCUT2D eigenvalue weighted by molar-refractivity contribution is 0.936. The fourth-order valence-corrected chi connectivity index (χ4v) is 2.22. The van der Waals surface area contributed by atoms with Gasteiger partial charge in [-0.3, -0.25) is 0 Å². The number of nitrogens with one attached hydrogen (secondary N) is 1. The van der Waals surface area contributed by atoms with Gasteiger partial charge >= 0.3 is 0 Å². The summed E-state index contributed by atoms with van der Waals surface area (Å²) >= 11 is 6.72. The van der Waals surface area contributed by atoms with Crippen LogP contribution in [0.25, 0.3) is 0 Å². The molecule has 6 heteroatoms. The van der Waals surface area contributed by atoms with E-state index in [-0.39, 0.29) is 4.99 Å². The lowest BCUT2D eigenvalue weighted by Crippen LogP contribution is -2.19. The van der Waals surface area contributed by atoms with Crippen molar-refractivity contribution >= 4 is 34.8 Å². The van der Waals surface area contributed by atoms with E-state index < -0.39 is 0 Å². The van der Waals surface area contributed by atoms with Crippen LogP contribution in [0.15, 0.2) is 12.4 Å². The molecule has 1 saturated carbocycles. The minimum absolute atomic E-state index is 0.279. The van der Waals surface area contributed by atoms with Gasteiger partial charge in [0.05, 0.1) is 12.4 Å². The van der Waals surface area contributed by atoms with Gasteiger partial charge in [-0.1, -0.05) is 12.2 Å². The fraction of sp³-hybridized carbons (Fsp3) is 0.500. The van der Waals surface area contributed by atoms with Crippen molar-refractivity contribution < 1.29 is 0 Å². The molecule has 1 aromatic rings. The average molecular weight is 254 g/mol. The van der Waals surface area contributed by atoms with E-state index in [1.807, 2.05) is 11.8 Å². The molecule has 0 amide bonds. The summed E-state index contributed by atoms with van der Waals surface area (Å²) in [4.78, 5) is 8.62. The Balaban J connectivity index is 1.93. The molecule has 0 unspecified atom stereocenters. The lowest BCUT2D eigenvalue weighted by atomic mass is 10.4. The van der Waals surface area contributed by atoms with E-state index in [9.17, 15) is 0 Å². The predicted molar refractivity (Wildman–Crippen MR) is 71.9 cm³/mol. The van der Waals surface area contributed by atoms with Crippen molar-refractivity contribution in [1.82, 2.24) is 9.97 Å². The summed E-state index contributed by atoms with van der Waals surface area (Å²) < 4.78 is 0.420. The molecule has 1 aliphatic carbocycles. The van der Waals surface area contributed by atoms with Crippen molar-refractivity contribution in [2.75, 3.05) is 18.1 Å². The summed E-state index contributed by atoms with van der Waals surface area (Å²) in [5, 5.41) is 3.29. The Labute approximate surface area is 104 Å². The predicted octanol–water partition coefficient (Wildman–Crippen LogP) is 1.42. The molecule has 86 valence electrons. The van der Waals surface area contributed by atoms with Crippen molar-refractivity contribution in [3.05, 3.63) is 18.1 Å². The van der Waals surface area contributed by atoms with Crippen LogP contribution in [0.1, 0.15) is 18.5 Å². The zero-order chi connectivity index (χ0) is 11.6. The van der Waals surface area contributed by atoms with Crippen molar-refractivity contribution in [3.8, 4) is 0 Å². The Hall–Kier alpha value is -0.880. The van der Waals surface area contributed by atoms with Crippen LogP contribution in [0.3, 0.4) is 0 Å². The quantitative estimate of drug-likeness (QED) is 0.775. The van der Waals surface area contributed by atoms with Crippen molar-refractivity contribution in [3.63, 3.8) is 0 Å². The van der Waals surface area contributed by atoms with Gasteiger partial charge in [-0.15, -0.1) is 0 Å². The highest BCUT2D eigenvalue weighted by Crippen LogP contribution is 2.46. The summed E-state index contributed by atoms with van der Waals surface area (Å²) in [6, 6.07) is 0. The first kappa shape index (κ1) is 11.6. The second kappa shape index (κ2) is 4.55. The van der Waals surface area contributed by atoms with Crippen molar-refractivity contribution in [2.45, 2.75) is 17.6 Å². The molecule has 4 nitrogen and oxygen atoms in total. The molecule has 0 saturated heterocycles. The van der Waals surface area contributed by atoms with Gasteiger partial charge in [-0.2, -0.15) is 11.8 Å². The fourth-order valence-electron chi connectivity index (χ4n) is 1.39. The topological polar surface area (TPSA) is 63.8 Å². The second-order valence-corrected chi connectivity index (χ2v) is 5.61. The molecule has 0 spiro atoms. The van der Waals surface area contributed by atoms with Crippen molar-refractivity contribution in [1.29, 1.82) is 0 Å². The molecular formula is C10H14N4S2. The number of thiocarbonyl (C=S) groups is 1. The molecule has 1 aliphatic rings. The van der Waals surface area contributed by atoms with Crippen LogP contribution in [-0.2, 0) is 0 Å². The number of nitrogens with two attached hydrogens (primary N) is 1. The molecule has 3 N–H and O–H groups in total. The minimum Gasteiger partial charge on any atom is -0.388 e. The van der Waals surface area contributed by atoms with Gasteiger partial charge in [0.1, 0.15) is 16.5 Å². The Bertz CT molecular complexity index is 386. The molecule has 0 bridgehead atoms. The molecular weight excluding hydrogens is 240 g/mol. The van der Waals surface area contributed by atoms with E-state index in [0.717, 1.165) is 12.4 Å². The zero-order valence-corrected chi connectivity index (χ0v) is 10.7. The average Bonchev–Trinajstić information content (AvgIpc) is 3.08. The summed E-state index contributed by atoms with van der Waals surface area (Å²) in [6.45, 7) is 0.940. The first-order chi connectivity index (χ1) is 7.65. The summed E-state index contributed by atoms with van der Waals surface area (Å²) in [5.41, 5.74) is 6.01. The van der Waals surface area contributed by atoms with Gasteiger partial charge in [0.25, 0.3) is 0 Å². The largest absolute Gasteiger partial charge is 0.388 e. The number of rotatable bonds is 5. The highest BCUT2D eigenvalue weighted by molar-refractivity contribution is 8.00. The van der Waals surface area contributed by atoms with Gasteiger partial charge in [-0.05, 0) is 19.1 Å². The molecule has 2 rings (SSSR count). The second-order valence-electron chi connectivity index (χ2n) is 3.89. The van der Waals surface area contributed by atoms with Crippen LogP contribution in [0.4, 0.5) is 5.82 Å². The van der Waals surface area contributed by atoms with Crippen LogP contribution >= 0.6 is 24.0 Å². The first-order valence-electron chi connectivity index (χ1n) is 5.06.